The fourth-order valence-corrected chi connectivity index (χ4v) is 2.23. The number of rotatable bonds is 0. The molecule has 0 radical (unpaired) electrons. The first-order valence-electron chi connectivity index (χ1n) is 3.99. The first-order chi connectivity index (χ1) is 4.38. The number of hydrogen-bond donors (Lipinski definition) is 0. The van der Waals surface area contributed by atoms with Crippen LogP contribution in [0.25, 0.3) is 0 Å². The van der Waals surface area contributed by atoms with E-state index in [0.717, 1.165) is 18.4 Å². The van der Waals surface area contributed by atoms with Crippen LogP contribution in [0.2, 0.25) is 0 Å². The first kappa shape index (κ1) is 5.72. The molecule has 2 unspecified atom stereocenters. The third kappa shape index (κ3) is 0.787. The summed E-state index contributed by atoms with van der Waals surface area (Å²) in [6.07, 6.45) is 4.79. The molecule has 1 heteroatoms. The molecular formula is C8H14O. The summed E-state index contributed by atoms with van der Waals surface area (Å²) in [5, 5.41) is 0. The Balaban J connectivity index is 2.07. The van der Waals surface area contributed by atoms with E-state index in [4.69, 9.17) is 4.74 Å². The highest BCUT2D eigenvalue weighted by molar-refractivity contribution is 4.86. The number of fused-ring (bicyclic) bond motifs is 1. The average molecular weight is 126 g/mol. The van der Waals surface area contributed by atoms with Gasteiger partial charge in [-0.2, -0.15) is 0 Å². The van der Waals surface area contributed by atoms with Gasteiger partial charge in [0.25, 0.3) is 0 Å². The Hall–Kier alpha value is -0.0400. The molecule has 1 saturated carbocycles. The second kappa shape index (κ2) is 1.98. The zero-order valence-corrected chi connectivity index (χ0v) is 5.97. The summed E-state index contributed by atoms with van der Waals surface area (Å²) in [7, 11) is 0. The van der Waals surface area contributed by atoms with Gasteiger partial charge in [-0.15, -0.1) is 0 Å². The van der Waals surface area contributed by atoms with Crippen molar-refractivity contribution in [3.63, 3.8) is 0 Å². The molecule has 52 valence electrons. The molecule has 9 heavy (non-hydrogen) atoms. The molecule has 0 aromatic carbocycles. The normalized spacial score (nSPS) is 49.7. The molecule has 1 aliphatic heterocycles. The summed E-state index contributed by atoms with van der Waals surface area (Å²) in [5.74, 6) is 1.78. The largest absolute Gasteiger partial charge is 0.378 e. The van der Waals surface area contributed by atoms with Gasteiger partial charge in [-0.25, -0.2) is 0 Å². The minimum absolute atomic E-state index is 0.644. The highest BCUT2D eigenvalue weighted by Gasteiger charge is 2.37. The lowest BCUT2D eigenvalue weighted by molar-refractivity contribution is 0.0720. The van der Waals surface area contributed by atoms with Crippen molar-refractivity contribution in [2.75, 3.05) is 6.61 Å². The van der Waals surface area contributed by atoms with Gasteiger partial charge >= 0.3 is 0 Å². The zero-order valence-electron chi connectivity index (χ0n) is 5.97. The van der Waals surface area contributed by atoms with E-state index < -0.39 is 0 Å². The number of hydrogen-bond acceptors (Lipinski definition) is 1. The Morgan fingerprint density at radius 2 is 2.11 bits per heavy atom. The molecular weight excluding hydrogens is 112 g/mol. The molecule has 0 spiro atoms. The summed E-state index contributed by atoms with van der Waals surface area (Å²) in [6.45, 7) is 3.34. The topological polar surface area (TPSA) is 9.23 Å². The predicted molar refractivity (Wildman–Crippen MR) is 36.2 cm³/mol. The quantitative estimate of drug-likeness (QED) is 0.481. The summed E-state index contributed by atoms with van der Waals surface area (Å²) in [5.41, 5.74) is 0. The van der Waals surface area contributed by atoms with Crippen molar-refractivity contribution in [3.8, 4) is 0 Å². The summed E-state index contributed by atoms with van der Waals surface area (Å²) in [6, 6.07) is 0. The molecule has 0 aromatic rings. The van der Waals surface area contributed by atoms with E-state index in [9.17, 15) is 0 Å². The Kier molecular flexibility index (Phi) is 1.26. The Labute approximate surface area is 56.4 Å². The van der Waals surface area contributed by atoms with Crippen molar-refractivity contribution >= 4 is 0 Å². The lowest BCUT2D eigenvalue weighted by Gasteiger charge is -2.11. The maximum absolute atomic E-state index is 5.59. The molecule has 1 saturated heterocycles. The highest BCUT2D eigenvalue weighted by atomic mass is 16.5. The fourth-order valence-electron chi connectivity index (χ4n) is 2.23. The summed E-state index contributed by atoms with van der Waals surface area (Å²) >= 11 is 0. The van der Waals surface area contributed by atoms with Crippen LogP contribution in [0.15, 0.2) is 0 Å². The third-order valence-electron chi connectivity index (χ3n) is 2.82. The monoisotopic (exact) mass is 126 g/mol. The third-order valence-corrected chi connectivity index (χ3v) is 2.82. The van der Waals surface area contributed by atoms with Crippen molar-refractivity contribution < 1.29 is 4.74 Å². The van der Waals surface area contributed by atoms with Gasteiger partial charge in [-0.05, 0) is 31.1 Å². The summed E-state index contributed by atoms with van der Waals surface area (Å²) in [4.78, 5) is 0. The first-order valence-corrected chi connectivity index (χ1v) is 3.99. The lowest BCUT2D eigenvalue weighted by Crippen LogP contribution is -2.14. The van der Waals surface area contributed by atoms with Crippen LogP contribution >= 0.6 is 0 Å². The second-order valence-electron chi connectivity index (χ2n) is 3.44. The molecule has 2 fully saturated rings. The van der Waals surface area contributed by atoms with Crippen LogP contribution < -0.4 is 0 Å². The van der Waals surface area contributed by atoms with E-state index in [-0.39, 0.29) is 0 Å². The molecule has 3 atom stereocenters. The van der Waals surface area contributed by atoms with Crippen LogP contribution in [0.4, 0.5) is 0 Å². The van der Waals surface area contributed by atoms with E-state index in [1.807, 2.05) is 0 Å². The van der Waals surface area contributed by atoms with Gasteiger partial charge in [-0.1, -0.05) is 6.92 Å². The minimum atomic E-state index is 0.644. The van der Waals surface area contributed by atoms with Crippen LogP contribution in [-0.2, 0) is 4.74 Å². The van der Waals surface area contributed by atoms with Crippen LogP contribution in [0.1, 0.15) is 26.2 Å². The molecule has 1 aliphatic carbocycles. The van der Waals surface area contributed by atoms with Gasteiger partial charge in [0, 0.05) is 6.61 Å². The molecule has 0 amide bonds. The van der Waals surface area contributed by atoms with Crippen molar-refractivity contribution in [2.45, 2.75) is 32.3 Å². The van der Waals surface area contributed by atoms with Crippen LogP contribution in [-0.4, -0.2) is 12.7 Å². The fraction of sp³-hybridized carbons (Fsp3) is 1.00. The SMILES string of the molecule is CC1CCC2CCO[C@H]12. The van der Waals surface area contributed by atoms with Gasteiger partial charge in [-0.3, -0.25) is 0 Å². The molecule has 2 rings (SSSR count). The minimum Gasteiger partial charge on any atom is -0.378 e. The summed E-state index contributed by atoms with van der Waals surface area (Å²) < 4.78 is 5.59. The van der Waals surface area contributed by atoms with Crippen LogP contribution in [0.3, 0.4) is 0 Å². The number of ether oxygens (including phenoxy) is 1. The highest BCUT2D eigenvalue weighted by Crippen LogP contribution is 2.39. The van der Waals surface area contributed by atoms with Gasteiger partial charge < -0.3 is 4.74 Å². The van der Waals surface area contributed by atoms with E-state index in [1.165, 1.54) is 19.3 Å². The van der Waals surface area contributed by atoms with E-state index >= 15 is 0 Å². The van der Waals surface area contributed by atoms with E-state index in [2.05, 4.69) is 6.92 Å². The molecule has 0 aromatic heterocycles. The van der Waals surface area contributed by atoms with Gasteiger partial charge in [0.2, 0.25) is 0 Å². The molecule has 2 aliphatic rings. The smallest absolute Gasteiger partial charge is 0.0629 e. The van der Waals surface area contributed by atoms with Crippen LogP contribution in [0.5, 0.6) is 0 Å². The predicted octanol–water partition coefficient (Wildman–Crippen LogP) is 1.82. The average Bonchev–Trinajstić information content (AvgIpc) is 2.35. The molecule has 0 N–H and O–H groups in total. The van der Waals surface area contributed by atoms with Crippen molar-refractivity contribution in [2.24, 2.45) is 11.8 Å². The lowest BCUT2D eigenvalue weighted by atomic mass is 10.0. The Morgan fingerprint density at radius 3 is 2.89 bits per heavy atom. The molecule has 1 nitrogen and oxygen atoms in total. The van der Waals surface area contributed by atoms with Crippen molar-refractivity contribution in [1.82, 2.24) is 0 Å². The standard InChI is InChI=1S/C8H14O/c1-6-2-3-7-4-5-9-8(6)7/h6-8H,2-5H2,1H3/t6?,7?,8-/m1/s1. The van der Waals surface area contributed by atoms with Crippen molar-refractivity contribution in [1.29, 1.82) is 0 Å². The Morgan fingerprint density at radius 1 is 1.22 bits per heavy atom. The molecule has 0 bridgehead atoms. The maximum Gasteiger partial charge on any atom is 0.0629 e. The van der Waals surface area contributed by atoms with Gasteiger partial charge in [0.05, 0.1) is 6.10 Å². The van der Waals surface area contributed by atoms with Crippen molar-refractivity contribution in [3.05, 3.63) is 0 Å². The van der Waals surface area contributed by atoms with Gasteiger partial charge in [0.1, 0.15) is 0 Å². The zero-order chi connectivity index (χ0) is 6.27. The Bertz CT molecular complexity index is 111. The van der Waals surface area contributed by atoms with E-state index in [0.29, 0.717) is 6.10 Å². The maximum atomic E-state index is 5.59. The van der Waals surface area contributed by atoms with Gasteiger partial charge in [0.15, 0.2) is 0 Å². The second-order valence-corrected chi connectivity index (χ2v) is 3.44. The van der Waals surface area contributed by atoms with E-state index in [1.54, 1.807) is 0 Å². The van der Waals surface area contributed by atoms with Crippen LogP contribution in [0, 0.1) is 11.8 Å². The molecule has 1 heterocycles.